The van der Waals surface area contributed by atoms with E-state index in [1.54, 1.807) is 25.3 Å². The molecule has 34 heavy (non-hydrogen) atoms. The average molecular weight is 452 g/mol. The maximum absolute atomic E-state index is 13.1. The average Bonchev–Trinajstić information content (AvgIpc) is 2.87. The molecule has 0 heterocycles. The maximum atomic E-state index is 13.1. The predicted octanol–water partition coefficient (Wildman–Crippen LogP) is 6.11. The third kappa shape index (κ3) is 5.22. The summed E-state index contributed by atoms with van der Waals surface area (Å²) in [5, 5.41) is 14.4. The molecule has 0 bridgehead atoms. The van der Waals surface area contributed by atoms with Gasteiger partial charge in [0.2, 0.25) is 0 Å². The fraction of sp³-hybridized carbons (Fsp3) is 0.0714. The summed E-state index contributed by atoms with van der Waals surface area (Å²) in [6.45, 7) is 0.291. The quantitative estimate of drug-likeness (QED) is 0.271. The summed E-state index contributed by atoms with van der Waals surface area (Å²) >= 11 is 0. The minimum Gasteiger partial charge on any atom is -0.497 e. The van der Waals surface area contributed by atoms with E-state index in [1.165, 1.54) is 30.3 Å². The number of nitrogens with zero attached hydrogens (tertiary/aromatic N) is 1. The number of benzene rings is 4. The minimum absolute atomic E-state index is 0.121. The number of hydrogen-bond donors (Lipinski definition) is 1. The maximum Gasteiger partial charge on any atom is 0.266 e. The van der Waals surface area contributed by atoms with Crippen LogP contribution in [-0.4, -0.2) is 13.0 Å². The van der Waals surface area contributed by atoms with E-state index in [2.05, 4.69) is 5.32 Å². The van der Waals surface area contributed by atoms with Gasteiger partial charge in [-0.15, -0.1) is 0 Å². The van der Waals surface area contributed by atoms with Crippen LogP contribution in [0.15, 0.2) is 90.5 Å². The Balaban J connectivity index is 1.61. The predicted molar refractivity (Wildman–Crippen MR) is 130 cm³/mol. The number of halogens is 1. The van der Waals surface area contributed by atoms with Crippen molar-refractivity contribution in [3.8, 4) is 17.6 Å². The zero-order chi connectivity index (χ0) is 23.9. The molecule has 1 amide bonds. The smallest absolute Gasteiger partial charge is 0.266 e. The number of carbonyl (C=O) groups excluding carboxylic acids is 1. The van der Waals surface area contributed by atoms with E-state index in [1.807, 2.05) is 48.5 Å². The molecule has 4 rings (SSSR count). The van der Waals surface area contributed by atoms with Crippen molar-refractivity contribution < 1.29 is 18.7 Å². The van der Waals surface area contributed by atoms with E-state index in [0.29, 0.717) is 29.4 Å². The van der Waals surface area contributed by atoms with Crippen molar-refractivity contribution in [3.63, 3.8) is 0 Å². The first-order valence-electron chi connectivity index (χ1n) is 10.5. The van der Waals surface area contributed by atoms with E-state index in [9.17, 15) is 14.4 Å². The van der Waals surface area contributed by atoms with Crippen LogP contribution in [0.1, 0.15) is 11.1 Å². The number of methoxy groups -OCH3 is 1. The fourth-order valence-corrected chi connectivity index (χ4v) is 3.50. The van der Waals surface area contributed by atoms with Crippen LogP contribution in [0.4, 0.5) is 10.1 Å². The molecule has 0 aliphatic heterocycles. The summed E-state index contributed by atoms with van der Waals surface area (Å²) in [6, 6.07) is 26.4. The van der Waals surface area contributed by atoms with E-state index < -0.39 is 11.7 Å². The lowest BCUT2D eigenvalue weighted by Crippen LogP contribution is -2.13. The number of fused-ring (bicyclic) bond motifs is 1. The zero-order valence-electron chi connectivity index (χ0n) is 18.4. The third-order valence-electron chi connectivity index (χ3n) is 5.25. The number of ether oxygens (including phenoxy) is 2. The second-order valence-corrected chi connectivity index (χ2v) is 7.46. The van der Waals surface area contributed by atoms with Gasteiger partial charge in [0.05, 0.1) is 7.11 Å². The van der Waals surface area contributed by atoms with Gasteiger partial charge in [0, 0.05) is 17.3 Å². The minimum atomic E-state index is -0.607. The number of hydrogen-bond acceptors (Lipinski definition) is 4. The number of anilines is 1. The zero-order valence-corrected chi connectivity index (χ0v) is 18.4. The van der Waals surface area contributed by atoms with Crippen LogP contribution in [0, 0.1) is 17.1 Å². The van der Waals surface area contributed by atoms with Crippen LogP contribution < -0.4 is 14.8 Å². The monoisotopic (exact) mass is 452 g/mol. The Morgan fingerprint density at radius 1 is 1.03 bits per heavy atom. The van der Waals surface area contributed by atoms with Crippen molar-refractivity contribution in [1.29, 1.82) is 5.26 Å². The SMILES string of the molecule is COc1ccc(/C=C(\C#N)C(=O)Nc2ccc(F)cc2)c(OCc2cccc3ccccc23)c1. The largest absolute Gasteiger partial charge is 0.497 e. The summed E-state index contributed by atoms with van der Waals surface area (Å²) < 4.78 is 24.6. The third-order valence-corrected chi connectivity index (χ3v) is 5.25. The molecule has 4 aromatic rings. The van der Waals surface area contributed by atoms with Crippen LogP contribution >= 0.6 is 0 Å². The number of amides is 1. The van der Waals surface area contributed by atoms with Crippen LogP contribution in [0.25, 0.3) is 16.8 Å². The molecule has 0 fully saturated rings. The van der Waals surface area contributed by atoms with Crippen LogP contribution in [0.5, 0.6) is 11.5 Å². The molecule has 0 aromatic heterocycles. The fourth-order valence-electron chi connectivity index (χ4n) is 3.50. The van der Waals surface area contributed by atoms with Crippen LogP contribution in [-0.2, 0) is 11.4 Å². The van der Waals surface area contributed by atoms with Crippen molar-refractivity contribution in [3.05, 3.63) is 107 Å². The Morgan fingerprint density at radius 2 is 1.79 bits per heavy atom. The molecule has 0 radical (unpaired) electrons. The normalized spacial score (nSPS) is 11.0. The topological polar surface area (TPSA) is 71.3 Å². The van der Waals surface area contributed by atoms with Gasteiger partial charge in [-0.25, -0.2) is 4.39 Å². The van der Waals surface area contributed by atoms with E-state index in [0.717, 1.165) is 16.3 Å². The van der Waals surface area contributed by atoms with Crippen molar-refractivity contribution in [2.45, 2.75) is 6.61 Å². The Kier molecular flexibility index (Phi) is 6.85. The van der Waals surface area contributed by atoms with Gasteiger partial charge in [-0.3, -0.25) is 4.79 Å². The number of carbonyl (C=O) groups is 1. The summed E-state index contributed by atoms with van der Waals surface area (Å²) in [5.41, 5.74) is 1.82. The van der Waals surface area contributed by atoms with Crippen molar-refractivity contribution in [1.82, 2.24) is 0 Å². The lowest BCUT2D eigenvalue weighted by Gasteiger charge is -2.13. The van der Waals surface area contributed by atoms with Gasteiger partial charge in [0.15, 0.2) is 0 Å². The van der Waals surface area contributed by atoms with Crippen molar-refractivity contribution in [2.75, 3.05) is 12.4 Å². The van der Waals surface area contributed by atoms with Gasteiger partial charge >= 0.3 is 0 Å². The Morgan fingerprint density at radius 3 is 2.56 bits per heavy atom. The first kappa shape index (κ1) is 22.6. The lowest BCUT2D eigenvalue weighted by atomic mass is 10.1. The Labute approximate surface area is 196 Å². The second-order valence-electron chi connectivity index (χ2n) is 7.46. The van der Waals surface area contributed by atoms with Gasteiger partial charge in [-0.05, 0) is 58.8 Å². The molecular weight excluding hydrogens is 431 g/mol. The van der Waals surface area contributed by atoms with E-state index in [-0.39, 0.29) is 5.57 Å². The van der Waals surface area contributed by atoms with Gasteiger partial charge in [0.25, 0.3) is 5.91 Å². The summed E-state index contributed by atoms with van der Waals surface area (Å²) in [4.78, 5) is 12.6. The highest BCUT2D eigenvalue weighted by Gasteiger charge is 2.13. The highest BCUT2D eigenvalue weighted by Crippen LogP contribution is 2.29. The molecule has 0 unspecified atom stereocenters. The second kappa shape index (κ2) is 10.3. The molecule has 0 aliphatic carbocycles. The van der Waals surface area contributed by atoms with Gasteiger partial charge in [-0.2, -0.15) is 5.26 Å². The first-order valence-corrected chi connectivity index (χ1v) is 10.5. The molecule has 0 spiro atoms. The molecule has 1 N–H and O–H groups in total. The summed E-state index contributed by atoms with van der Waals surface area (Å²) in [5.74, 6) is 0.0270. The standard InChI is InChI=1S/C28H21FN2O3/c1-33-25-14-9-20(15-22(17-30)28(32)31-24-12-10-23(29)11-13-24)27(16-25)34-18-21-7-4-6-19-5-2-3-8-26(19)21/h2-16H,18H2,1H3,(H,31,32)/b22-15+. The highest BCUT2D eigenvalue weighted by molar-refractivity contribution is 6.09. The van der Waals surface area contributed by atoms with Crippen molar-refractivity contribution in [2.24, 2.45) is 0 Å². The lowest BCUT2D eigenvalue weighted by molar-refractivity contribution is -0.112. The molecule has 0 aliphatic rings. The van der Waals surface area contributed by atoms with Gasteiger partial charge in [-0.1, -0.05) is 42.5 Å². The Hall–Kier alpha value is -4.63. The van der Waals surface area contributed by atoms with Crippen LogP contribution in [0.3, 0.4) is 0 Å². The summed E-state index contributed by atoms with van der Waals surface area (Å²) in [6.07, 6.45) is 1.46. The molecule has 168 valence electrons. The van der Waals surface area contributed by atoms with Crippen molar-refractivity contribution >= 4 is 28.4 Å². The first-order chi connectivity index (χ1) is 16.6. The molecule has 0 saturated carbocycles. The number of rotatable bonds is 7. The molecule has 0 saturated heterocycles. The van der Waals surface area contributed by atoms with Gasteiger partial charge in [0.1, 0.15) is 35.6 Å². The molecule has 5 nitrogen and oxygen atoms in total. The van der Waals surface area contributed by atoms with Crippen LogP contribution in [0.2, 0.25) is 0 Å². The highest BCUT2D eigenvalue weighted by atomic mass is 19.1. The number of nitrogens with one attached hydrogen (secondary N) is 1. The molecule has 0 atom stereocenters. The Bertz CT molecular complexity index is 1400. The number of nitriles is 1. The van der Waals surface area contributed by atoms with Gasteiger partial charge < -0.3 is 14.8 Å². The summed E-state index contributed by atoms with van der Waals surface area (Å²) in [7, 11) is 1.55. The molecule has 4 aromatic carbocycles. The molecular formula is C28H21FN2O3. The molecule has 6 heteroatoms. The van der Waals surface area contributed by atoms with E-state index in [4.69, 9.17) is 9.47 Å². The van der Waals surface area contributed by atoms with E-state index >= 15 is 0 Å².